The van der Waals surface area contributed by atoms with E-state index in [9.17, 15) is 4.79 Å². The molecule has 0 aliphatic carbocycles. The standard InChI is InChI=1S/C23H25N5O/c29-23(24-11-9-16-13-25-19-6-2-1-5-18(16)19)17-10-12-28(14-17)15-22-26-20-7-3-4-8-21(20)27-22/h1-8,13,17,25H,9-12,14-15H2,(H,24,29)(H,26,27)/t17-/m0/s1. The minimum atomic E-state index is 0.0577. The van der Waals surface area contributed by atoms with Gasteiger partial charge < -0.3 is 15.3 Å². The van der Waals surface area contributed by atoms with Crippen molar-refractivity contribution in [3.63, 3.8) is 0 Å². The van der Waals surface area contributed by atoms with Crippen LogP contribution in [0.4, 0.5) is 0 Å². The van der Waals surface area contributed by atoms with Crippen LogP contribution >= 0.6 is 0 Å². The Balaban J connectivity index is 1.12. The van der Waals surface area contributed by atoms with Crippen LogP contribution < -0.4 is 5.32 Å². The molecule has 3 heterocycles. The van der Waals surface area contributed by atoms with E-state index in [0.717, 1.165) is 54.9 Å². The molecule has 148 valence electrons. The predicted octanol–water partition coefficient (Wildman–Crippen LogP) is 3.23. The van der Waals surface area contributed by atoms with Gasteiger partial charge in [0.1, 0.15) is 5.82 Å². The molecule has 1 fully saturated rings. The summed E-state index contributed by atoms with van der Waals surface area (Å²) in [5.74, 6) is 1.19. The number of rotatable bonds is 6. The third-order valence-electron chi connectivity index (χ3n) is 5.82. The van der Waals surface area contributed by atoms with Crippen molar-refractivity contribution in [2.75, 3.05) is 19.6 Å². The fourth-order valence-electron chi connectivity index (χ4n) is 4.29. The summed E-state index contributed by atoms with van der Waals surface area (Å²) in [6, 6.07) is 16.3. The fourth-order valence-corrected chi connectivity index (χ4v) is 4.29. The first kappa shape index (κ1) is 17.9. The van der Waals surface area contributed by atoms with Crippen LogP contribution in [0.5, 0.6) is 0 Å². The van der Waals surface area contributed by atoms with Crippen LogP contribution in [-0.4, -0.2) is 45.4 Å². The SMILES string of the molecule is O=C(NCCc1c[nH]c2ccccc12)[C@H]1CCN(Cc2nc3ccccc3[nH]2)C1. The number of benzene rings is 2. The first-order valence-electron chi connectivity index (χ1n) is 10.2. The molecule has 0 unspecified atom stereocenters. The second-order valence-corrected chi connectivity index (χ2v) is 7.82. The van der Waals surface area contributed by atoms with Crippen LogP contribution in [0.1, 0.15) is 17.8 Å². The summed E-state index contributed by atoms with van der Waals surface area (Å²) in [6.45, 7) is 3.14. The highest BCUT2D eigenvalue weighted by molar-refractivity contribution is 5.83. The van der Waals surface area contributed by atoms with Gasteiger partial charge >= 0.3 is 0 Å². The summed E-state index contributed by atoms with van der Waals surface area (Å²) in [4.78, 5) is 26.2. The molecule has 0 spiro atoms. The Hall–Kier alpha value is -3.12. The fraction of sp³-hybridized carbons (Fsp3) is 0.304. The lowest BCUT2D eigenvalue weighted by Gasteiger charge is -2.14. The van der Waals surface area contributed by atoms with E-state index in [2.05, 4.69) is 37.3 Å². The monoisotopic (exact) mass is 387 g/mol. The quantitative estimate of drug-likeness (QED) is 0.475. The molecule has 29 heavy (non-hydrogen) atoms. The second-order valence-electron chi connectivity index (χ2n) is 7.82. The number of carbonyl (C=O) groups is 1. The van der Waals surface area contributed by atoms with Gasteiger partial charge in [-0.3, -0.25) is 9.69 Å². The zero-order valence-corrected chi connectivity index (χ0v) is 16.3. The van der Waals surface area contributed by atoms with E-state index in [1.54, 1.807) is 0 Å². The van der Waals surface area contributed by atoms with Crippen molar-refractivity contribution >= 4 is 27.8 Å². The van der Waals surface area contributed by atoms with E-state index in [4.69, 9.17) is 0 Å². The van der Waals surface area contributed by atoms with Gasteiger partial charge in [-0.05, 0) is 43.1 Å². The Morgan fingerprint density at radius 2 is 1.97 bits per heavy atom. The average Bonchev–Trinajstić information content (AvgIpc) is 3.46. The molecule has 6 nitrogen and oxygen atoms in total. The molecule has 1 aliphatic heterocycles. The van der Waals surface area contributed by atoms with Crippen LogP contribution in [0.25, 0.3) is 21.9 Å². The summed E-state index contributed by atoms with van der Waals surface area (Å²) >= 11 is 0. The summed E-state index contributed by atoms with van der Waals surface area (Å²) in [5, 5.41) is 4.37. The van der Waals surface area contributed by atoms with Gasteiger partial charge in [-0.1, -0.05) is 30.3 Å². The molecule has 1 atom stereocenters. The summed E-state index contributed by atoms with van der Waals surface area (Å²) in [7, 11) is 0. The number of amides is 1. The Morgan fingerprint density at radius 3 is 2.86 bits per heavy atom. The molecular weight excluding hydrogens is 362 g/mol. The van der Waals surface area contributed by atoms with Gasteiger partial charge in [0, 0.05) is 30.2 Å². The normalized spacial score (nSPS) is 17.3. The summed E-state index contributed by atoms with van der Waals surface area (Å²) < 4.78 is 0. The van der Waals surface area contributed by atoms with Crippen LogP contribution in [0.3, 0.4) is 0 Å². The Kier molecular flexibility index (Phi) is 4.77. The van der Waals surface area contributed by atoms with E-state index >= 15 is 0 Å². The number of hydrogen-bond acceptors (Lipinski definition) is 3. The van der Waals surface area contributed by atoms with Crippen LogP contribution in [0.15, 0.2) is 54.7 Å². The number of likely N-dealkylation sites (tertiary alicyclic amines) is 1. The second kappa shape index (κ2) is 7.72. The van der Waals surface area contributed by atoms with Crippen molar-refractivity contribution in [1.82, 2.24) is 25.2 Å². The lowest BCUT2D eigenvalue weighted by Crippen LogP contribution is -2.34. The van der Waals surface area contributed by atoms with E-state index in [1.807, 2.05) is 42.6 Å². The van der Waals surface area contributed by atoms with Gasteiger partial charge in [0.25, 0.3) is 0 Å². The number of para-hydroxylation sites is 3. The zero-order chi connectivity index (χ0) is 19.6. The topological polar surface area (TPSA) is 76.8 Å². The van der Waals surface area contributed by atoms with Gasteiger partial charge in [-0.2, -0.15) is 0 Å². The number of aromatic nitrogens is 3. The van der Waals surface area contributed by atoms with Gasteiger partial charge in [0.2, 0.25) is 5.91 Å². The molecule has 0 saturated carbocycles. The van der Waals surface area contributed by atoms with E-state index in [1.165, 1.54) is 10.9 Å². The Labute approximate surface area is 169 Å². The summed E-state index contributed by atoms with van der Waals surface area (Å²) in [6.07, 6.45) is 3.78. The molecule has 2 aromatic carbocycles. The van der Waals surface area contributed by atoms with Crippen molar-refractivity contribution in [2.45, 2.75) is 19.4 Å². The van der Waals surface area contributed by atoms with E-state index in [-0.39, 0.29) is 11.8 Å². The van der Waals surface area contributed by atoms with E-state index in [0.29, 0.717) is 6.54 Å². The Morgan fingerprint density at radius 1 is 1.14 bits per heavy atom. The third-order valence-corrected chi connectivity index (χ3v) is 5.82. The molecule has 0 radical (unpaired) electrons. The largest absolute Gasteiger partial charge is 0.361 e. The molecule has 1 aliphatic rings. The molecular formula is C23H25N5O. The van der Waals surface area contributed by atoms with Crippen molar-refractivity contribution in [2.24, 2.45) is 5.92 Å². The number of hydrogen-bond donors (Lipinski definition) is 3. The zero-order valence-electron chi connectivity index (χ0n) is 16.3. The van der Waals surface area contributed by atoms with E-state index < -0.39 is 0 Å². The van der Waals surface area contributed by atoms with Crippen LogP contribution in [0.2, 0.25) is 0 Å². The predicted molar refractivity (Wildman–Crippen MR) is 114 cm³/mol. The van der Waals surface area contributed by atoms with Crippen molar-refractivity contribution in [3.05, 3.63) is 66.1 Å². The minimum Gasteiger partial charge on any atom is -0.361 e. The minimum absolute atomic E-state index is 0.0577. The first-order chi connectivity index (χ1) is 14.3. The molecule has 5 rings (SSSR count). The van der Waals surface area contributed by atoms with Gasteiger partial charge in [0.05, 0.1) is 23.5 Å². The highest BCUT2D eigenvalue weighted by Crippen LogP contribution is 2.20. The first-order valence-corrected chi connectivity index (χ1v) is 10.2. The molecule has 4 aromatic rings. The van der Waals surface area contributed by atoms with Crippen molar-refractivity contribution in [3.8, 4) is 0 Å². The van der Waals surface area contributed by atoms with Crippen LogP contribution in [-0.2, 0) is 17.8 Å². The maximum absolute atomic E-state index is 12.6. The number of imidazole rings is 1. The number of aromatic amines is 2. The number of fused-ring (bicyclic) bond motifs is 2. The van der Waals surface area contributed by atoms with Gasteiger partial charge in [-0.15, -0.1) is 0 Å². The number of nitrogens with zero attached hydrogens (tertiary/aromatic N) is 2. The number of carbonyl (C=O) groups excluding carboxylic acids is 1. The highest BCUT2D eigenvalue weighted by atomic mass is 16.1. The Bertz CT molecular complexity index is 1110. The smallest absolute Gasteiger partial charge is 0.224 e. The summed E-state index contributed by atoms with van der Waals surface area (Å²) in [5.41, 5.74) is 4.45. The molecule has 1 amide bonds. The van der Waals surface area contributed by atoms with Crippen molar-refractivity contribution in [1.29, 1.82) is 0 Å². The molecule has 0 bridgehead atoms. The number of H-pyrrole nitrogens is 2. The van der Waals surface area contributed by atoms with Gasteiger partial charge in [-0.25, -0.2) is 4.98 Å². The molecule has 3 N–H and O–H groups in total. The lowest BCUT2D eigenvalue weighted by atomic mass is 10.1. The molecule has 1 saturated heterocycles. The highest BCUT2D eigenvalue weighted by Gasteiger charge is 2.28. The maximum Gasteiger partial charge on any atom is 0.224 e. The van der Waals surface area contributed by atoms with Crippen molar-refractivity contribution < 1.29 is 4.79 Å². The van der Waals surface area contributed by atoms with Crippen LogP contribution in [0, 0.1) is 5.92 Å². The van der Waals surface area contributed by atoms with Gasteiger partial charge in [0.15, 0.2) is 0 Å². The third kappa shape index (κ3) is 3.76. The molecule has 6 heteroatoms. The maximum atomic E-state index is 12.6. The molecule has 2 aromatic heterocycles. The number of nitrogens with one attached hydrogen (secondary N) is 3. The lowest BCUT2D eigenvalue weighted by molar-refractivity contribution is -0.124. The average molecular weight is 387 g/mol.